The van der Waals surface area contributed by atoms with Gasteiger partial charge >= 0.3 is 0 Å². The summed E-state index contributed by atoms with van der Waals surface area (Å²) >= 11 is 12.2. The van der Waals surface area contributed by atoms with Gasteiger partial charge in [0.05, 0.1) is 5.02 Å². The van der Waals surface area contributed by atoms with Crippen molar-refractivity contribution in [3.63, 3.8) is 0 Å². The summed E-state index contributed by atoms with van der Waals surface area (Å²) in [6.07, 6.45) is 0. The standard InChI is InChI=1S/C11H17Cl2N3O2S/c1-4-14-7-8-9(12)5-6-10(11(8)13)19(17,18)15-16(2)3/h5-6,14-15H,4,7H2,1-3H3. The van der Waals surface area contributed by atoms with Gasteiger partial charge in [-0.05, 0) is 18.7 Å². The van der Waals surface area contributed by atoms with Crippen LogP contribution in [0.4, 0.5) is 0 Å². The number of rotatable bonds is 6. The van der Waals surface area contributed by atoms with E-state index in [0.29, 0.717) is 17.1 Å². The van der Waals surface area contributed by atoms with Crippen molar-refractivity contribution in [3.05, 3.63) is 27.7 Å². The van der Waals surface area contributed by atoms with E-state index in [1.54, 1.807) is 14.1 Å². The minimum absolute atomic E-state index is 0.0140. The molecule has 1 aromatic carbocycles. The zero-order valence-electron chi connectivity index (χ0n) is 11.0. The molecule has 0 radical (unpaired) electrons. The highest BCUT2D eigenvalue weighted by atomic mass is 35.5. The van der Waals surface area contributed by atoms with E-state index < -0.39 is 10.0 Å². The molecule has 0 saturated heterocycles. The fraction of sp³-hybridized carbons (Fsp3) is 0.455. The Morgan fingerprint density at radius 2 is 1.89 bits per heavy atom. The Kier molecular flexibility index (Phi) is 6.04. The third-order valence-corrected chi connectivity index (χ3v) is 4.72. The lowest BCUT2D eigenvalue weighted by Gasteiger charge is -2.16. The fourth-order valence-electron chi connectivity index (χ4n) is 1.49. The number of hydrazine groups is 1. The Hall–Kier alpha value is -0.370. The van der Waals surface area contributed by atoms with Crippen LogP contribution in [-0.4, -0.2) is 34.1 Å². The smallest absolute Gasteiger partial charge is 0.254 e. The zero-order valence-corrected chi connectivity index (χ0v) is 13.3. The maximum atomic E-state index is 12.1. The minimum Gasteiger partial charge on any atom is -0.313 e. The van der Waals surface area contributed by atoms with Crippen molar-refractivity contribution in [2.45, 2.75) is 18.4 Å². The van der Waals surface area contributed by atoms with E-state index in [2.05, 4.69) is 10.1 Å². The Bertz CT molecular complexity index is 547. The molecule has 0 aromatic heterocycles. The molecule has 0 aliphatic carbocycles. The van der Waals surface area contributed by atoms with E-state index >= 15 is 0 Å². The molecule has 2 N–H and O–H groups in total. The predicted octanol–water partition coefficient (Wildman–Crippen LogP) is 1.86. The van der Waals surface area contributed by atoms with E-state index in [9.17, 15) is 8.42 Å². The summed E-state index contributed by atoms with van der Waals surface area (Å²) in [5.74, 6) is 0. The van der Waals surface area contributed by atoms with E-state index in [0.717, 1.165) is 6.54 Å². The molecule has 0 bridgehead atoms. The minimum atomic E-state index is -3.70. The lowest BCUT2D eigenvalue weighted by Crippen LogP contribution is -2.36. The number of halogens is 2. The quantitative estimate of drug-likeness (QED) is 0.784. The monoisotopic (exact) mass is 325 g/mol. The van der Waals surface area contributed by atoms with Crippen LogP contribution in [0.25, 0.3) is 0 Å². The Balaban J connectivity index is 3.23. The van der Waals surface area contributed by atoms with Crippen molar-refractivity contribution in [1.29, 1.82) is 0 Å². The first-order chi connectivity index (χ1) is 8.79. The van der Waals surface area contributed by atoms with Crippen LogP contribution in [0.15, 0.2) is 17.0 Å². The van der Waals surface area contributed by atoms with Crippen LogP contribution in [0, 0.1) is 0 Å². The van der Waals surface area contributed by atoms with Gasteiger partial charge in [-0.25, -0.2) is 13.4 Å². The molecule has 0 fully saturated rings. The van der Waals surface area contributed by atoms with Crippen molar-refractivity contribution in [1.82, 2.24) is 15.2 Å². The molecule has 0 heterocycles. The number of nitrogens with one attached hydrogen (secondary N) is 2. The van der Waals surface area contributed by atoms with Crippen molar-refractivity contribution in [3.8, 4) is 0 Å². The summed E-state index contributed by atoms with van der Waals surface area (Å²) in [6, 6.07) is 2.93. The van der Waals surface area contributed by atoms with Crippen LogP contribution in [0.2, 0.25) is 10.0 Å². The fourth-order valence-corrected chi connectivity index (χ4v) is 3.48. The maximum absolute atomic E-state index is 12.1. The van der Waals surface area contributed by atoms with Crippen molar-refractivity contribution < 1.29 is 8.42 Å². The number of hydrogen-bond donors (Lipinski definition) is 2. The molecule has 0 amide bonds. The first-order valence-electron chi connectivity index (χ1n) is 5.67. The average molecular weight is 326 g/mol. The van der Waals surface area contributed by atoms with E-state index in [1.807, 2.05) is 6.92 Å². The van der Waals surface area contributed by atoms with Crippen molar-refractivity contribution in [2.24, 2.45) is 0 Å². The second-order valence-electron chi connectivity index (χ2n) is 4.11. The van der Waals surface area contributed by atoms with Gasteiger partial charge in [0, 0.05) is 31.2 Å². The molecule has 0 spiro atoms. The molecular formula is C11H17Cl2N3O2S. The second-order valence-corrected chi connectivity index (χ2v) is 6.52. The predicted molar refractivity (Wildman–Crippen MR) is 77.9 cm³/mol. The molecular weight excluding hydrogens is 309 g/mol. The molecule has 8 heteroatoms. The number of nitrogens with zero attached hydrogens (tertiary/aromatic N) is 1. The molecule has 0 unspecified atom stereocenters. The largest absolute Gasteiger partial charge is 0.313 e. The SMILES string of the molecule is CCNCc1c(Cl)ccc(S(=O)(=O)NN(C)C)c1Cl. The lowest BCUT2D eigenvalue weighted by atomic mass is 10.2. The zero-order chi connectivity index (χ0) is 14.6. The maximum Gasteiger partial charge on any atom is 0.254 e. The summed E-state index contributed by atoms with van der Waals surface area (Å²) in [5, 5.41) is 4.99. The molecule has 0 aliphatic heterocycles. The molecule has 5 nitrogen and oxygen atoms in total. The van der Waals surface area contributed by atoms with Crippen LogP contribution >= 0.6 is 23.2 Å². The number of sulfonamides is 1. The van der Waals surface area contributed by atoms with Crippen LogP contribution in [0.5, 0.6) is 0 Å². The summed E-state index contributed by atoms with van der Waals surface area (Å²) in [5.41, 5.74) is 0.576. The lowest BCUT2D eigenvalue weighted by molar-refractivity contribution is 0.364. The van der Waals surface area contributed by atoms with E-state index in [4.69, 9.17) is 23.2 Å². The van der Waals surface area contributed by atoms with Gasteiger partial charge in [-0.2, -0.15) is 0 Å². The molecule has 1 aromatic rings. The molecule has 0 saturated carbocycles. The number of hydrogen-bond acceptors (Lipinski definition) is 4. The highest BCUT2D eigenvalue weighted by molar-refractivity contribution is 7.89. The van der Waals surface area contributed by atoms with E-state index in [1.165, 1.54) is 17.1 Å². The first-order valence-corrected chi connectivity index (χ1v) is 7.91. The van der Waals surface area contributed by atoms with Gasteiger partial charge in [-0.15, -0.1) is 4.83 Å². The summed E-state index contributed by atoms with van der Waals surface area (Å²) in [7, 11) is -0.528. The highest BCUT2D eigenvalue weighted by Gasteiger charge is 2.21. The van der Waals surface area contributed by atoms with Crippen LogP contribution in [0.1, 0.15) is 12.5 Å². The van der Waals surface area contributed by atoms with Gasteiger partial charge in [-0.3, -0.25) is 0 Å². The van der Waals surface area contributed by atoms with Gasteiger partial charge in [0.25, 0.3) is 10.0 Å². The van der Waals surface area contributed by atoms with Gasteiger partial charge in [0.15, 0.2) is 0 Å². The normalized spacial score (nSPS) is 12.1. The second kappa shape index (κ2) is 6.88. The van der Waals surface area contributed by atoms with Crippen LogP contribution in [-0.2, 0) is 16.6 Å². The van der Waals surface area contributed by atoms with Gasteiger partial charge in [0.1, 0.15) is 4.90 Å². The molecule has 108 valence electrons. The van der Waals surface area contributed by atoms with Crippen LogP contribution in [0.3, 0.4) is 0 Å². The van der Waals surface area contributed by atoms with E-state index in [-0.39, 0.29) is 9.92 Å². The topological polar surface area (TPSA) is 61.4 Å². The molecule has 1 rings (SSSR count). The summed E-state index contributed by atoms with van der Waals surface area (Å²) in [6.45, 7) is 3.09. The third-order valence-electron chi connectivity index (χ3n) is 2.29. The van der Waals surface area contributed by atoms with Crippen molar-refractivity contribution >= 4 is 33.2 Å². The summed E-state index contributed by atoms with van der Waals surface area (Å²) in [4.78, 5) is 2.35. The van der Waals surface area contributed by atoms with Gasteiger partial charge in [0.2, 0.25) is 0 Å². The Morgan fingerprint density at radius 1 is 1.26 bits per heavy atom. The average Bonchev–Trinajstić information content (AvgIpc) is 2.26. The van der Waals surface area contributed by atoms with Gasteiger partial charge < -0.3 is 5.32 Å². The Morgan fingerprint density at radius 3 is 2.42 bits per heavy atom. The first kappa shape index (κ1) is 16.7. The summed E-state index contributed by atoms with van der Waals surface area (Å²) < 4.78 is 24.2. The highest BCUT2D eigenvalue weighted by Crippen LogP contribution is 2.30. The molecule has 19 heavy (non-hydrogen) atoms. The Labute approximate surface area is 123 Å². The number of benzene rings is 1. The molecule has 0 atom stereocenters. The molecule has 0 aliphatic rings. The van der Waals surface area contributed by atoms with Gasteiger partial charge in [-0.1, -0.05) is 30.1 Å². The third kappa shape index (κ3) is 4.30. The van der Waals surface area contributed by atoms with Crippen molar-refractivity contribution in [2.75, 3.05) is 20.6 Å². The van der Waals surface area contributed by atoms with Crippen LogP contribution < -0.4 is 10.1 Å².